The molecule has 0 radical (unpaired) electrons. The van der Waals surface area contributed by atoms with Gasteiger partial charge in [-0.15, -0.1) is 0 Å². The van der Waals surface area contributed by atoms with Crippen molar-refractivity contribution in [2.45, 2.75) is 6.42 Å². The van der Waals surface area contributed by atoms with Crippen molar-refractivity contribution in [1.82, 2.24) is 5.32 Å². The molecule has 0 aromatic heterocycles. The molecule has 0 aliphatic carbocycles. The summed E-state index contributed by atoms with van der Waals surface area (Å²) in [6.07, 6.45) is 0.763. The average Bonchev–Trinajstić information content (AvgIpc) is 2.61. The maximum atomic E-state index is 11.9. The van der Waals surface area contributed by atoms with E-state index in [4.69, 9.17) is 21.1 Å². The van der Waals surface area contributed by atoms with Gasteiger partial charge in [-0.3, -0.25) is 4.79 Å². The van der Waals surface area contributed by atoms with Gasteiger partial charge >= 0.3 is 0 Å². The highest BCUT2D eigenvalue weighted by molar-refractivity contribution is 6.30. The van der Waals surface area contributed by atoms with Gasteiger partial charge in [0.25, 0.3) is 0 Å². The van der Waals surface area contributed by atoms with Gasteiger partial charge in [-0.2, -0.15) is 0 Å². The minimum atomic E-state index is -0.0706. The summed E-state index contributed by atoms with van der Waals surface area (Å²) in [5.74, 6) is 1.19. The molecule has 0 aliphatic rings. The van der Waals surface area contributed by atoms with E-state index in [1.165, 1.54) is 0 Å². The van der Waals surface area contributed by atoms with E-state index in [0.29, 0.717) is 23.1 Å². The number of nitrogens with one attached hydrogen (secondary N) is 2. The second-order valence-corrected chi connectivity index (χ2v) is 5.59. The van der Waals surface area contributed by atoms with Crippen molar-refractivity contribution in [3.05, 3.63) is 53.1 Å². The van der Waals surface area contributed by atoms with Crippen LogP contribution in [0.15, 0.2) is 42.5 Å². The first kappa shape index (κ1) is 17.9. The molecule has 0 spiro atoms. The lowest BCUT2D eigenvalue weighted by atomic mass is 10.1. The highest BCUT2D eigenvalue weighted by Gasteiger charge is 2.06. The van der Waals surface area contributed by atoms with E-state index in [-0.39, 0.29) is 12.5 Å². The zero-order valence-electron chi connectivity index (χ0n) is 13.8. The van der Waals surface area contributed by atoms with E-state index in [0.717, 1.165) is 17.7 Å². The Morgan fingerprint density at radius 1 is 1.04 bits per heavy atom. The first-order valence-corrected chi connectivity index (χ1v) is 7.97. The smallest absolute Gasteiger partial charge is 0.239 e. The maximum Gasteiger partial charge on any atom is 0.239 e. The molecule has 2 aromatic carbocycles. The summed E-state index contributed by atoms with van der Waals surface area (Å²) >= 11 is 5.84. The third-order valence-electron chi connectivity index (χ3n) is 3.49. The minimum Gasteiger partial charge on any atom is -0.493 e. The quantitative estimate of drug-likeness (QED) is 0.769. The lowest BCUT2D eigenvalue weighted by Crippen LogP contribution is -2.31. The Hall–Kier alpha value is -2.40. The van der Waals surface area contributed by atoms with Crippen molar-refractivity contribution >= 4 is 23.2 Å². The van der Waals surface area contributed by atoms with Crippen LogP contribution in [0.25, 0.3) is 0 Å². The van der Waals surface area contributed by atoms with Gasteiger partial charge in [0, 0.05) is 23.3 Å². The van der Waals surface area contributed by atoms with Crippen molar-refractivity contribution in [2.75, 3.05) is 32.6 Å². The number of halogens is 1. The number of methoxy groups -OCH3 is 2. The SMILES string of the molecule is COc1ccc(NCC(=O)NCCc2ccc(Cl)cc2)cc1OC. The molecule has 0 saturated carbocycles. The topological polar surface area (TPSA) is 59.6 Å². The Kier molecular flexibility index (Phi) is 6.75. The van der Waals surface area contributed by atoms with Crippen molar-refractivity contribution in [3.8, 4) is 11.5 Å². The van der Waals surface area contributed by atoms with Crippen molar-refractivity contribution in [2.24, 2.45) is 0 Å². The van der Waals surface area contributed by atoms with Crippen LogP contribution in [0.5, 0.6) is 11.5 Å². The number of benzene rings is 2. The minimum absolute atomic E-state index is 0.0706. The van der Waals surface area contributed by atoms with E-state index in [1.807, 2.05) is 30.3 Å². The van der Waals surface area contributed by atoms with Crippen LogP contribution in [0.4, 0.5) is 5.69 Å². The zero-order chi connectivity index (χ0) is 17.4. The first-order valence-electron chi connectivity index (χ1n) is 7.59. The Bertz CT molecular complexity index is 674. The number of hydrogen-bond acceptors (Lipinski definition) is 4. The summed E-state index contributed by atoms with van der Waals surface area (Å²) < 4.78 is 10.4. The van der Waals surface area contributed by atoms with E-state index in [1.54, 1.807) is 26.4 Å². The maximum absolute atomic E-state index is 11.9. The van der Waals surface area contributed by atoms with Crippen LogP contribution >= 0.6 is 11.6 Å². The van der Waals surface area contributed by atoms with Crippen molar-refractivity contribution < 1.29 is 14.3 Å². The molecule has 0 fully saturated rings. The Morgan fingerprint density at radius 2 is 1.75 bits per heavy atom. The van der Waals surface area contributed by atoms with Crippen LogP contribution < -0.4 is 20.1 Å². The van der Waals surface area contributed by atoms with Gasteiger partial charge < -0.3 is 20.1 Å². The Morgan fingerprint density at radius 3 is 2.42 bits per heavy atom. The predicted molar refractivity (Wildman–Crippen MR) is 96.2 cm³/mol. The third-order valence-corrected chi connectivity index (χ3v) is 3.74. The van der Waals surface area contributed by atoms with Crippen LogP contribution in [0.3, 0.4) is 0 Å². The molecule has 2 N–H and O–H groups in total. The lowest BCUT2D eigenvalue weighted by Gasteiger charge is -2.11. The summed E-state index contributed by atoms with van der Waals surface area (Å²) in [6.45, 7) is 0.768. The number of hydrogen-bond donors (Lipinski definition) is 2. The van der Waals surface area contributed by atoms with Crippen LogP contribution in [-0.4, -0.2) is 33.2 Å². The van der Waals surface area contributed by atoms with Gasteiger partial charge in [-0.05, 0) is 36.2 Å². The number of anilines is 1. The van der Waals surface area contributed by atoms with Crippen molar-refractivity contribution in [1.29, 1.82) is 0 Å². The van der Waals surface area contributed by atoms with Crippen LogP contribution in [0, 0.1) is 0 Å². The first-order chi connectivity index (χ1) is 11.6. The van der Waals surface area contributed by atoms with Gasteiger partial charge in [0.15, 0.2) is 11.5 Å². The van der Waals surface area contributed by atoms with Gasteiger partial charge in [0.05, 0.1) is 20.8 Å². The molecular weight excluding hydrogens is 328 g/mol. The second kappa shape index (κ2) is 9.03. The monoisotopic (exact) mass is 348 g/mol. The fourth-order valence-electron chi connectivity index (χ4n) is 2.19. The predicted octanol–water partition coefficient (Wildman–Crippen LogP) is 3.13. The van der Waals surface area contributed by atoms with Gasteiger partial charge in [-0.1, -0.05) is 23.7 Å². The fourth-order valence-corrected chi connectivity index (χ4v) is 2.31. The molecule has 2 aromatic rings. The third kappa shape index (κ3) is 5.35. The van der Waals surface area contributed by atoms with E-state index in [9.17, 15) is 4.79 Å². The summed E-state index contributed by atoms with van der Waals surface area (Å²) in [5.41, 5.74) is 1.92. The molecule has 5 nitrogen and oxygen atoms in total. The number of amides is 1. The normalized spacial score (nSPS) is 10.1. The van der Waals surface area contributed by atoms with Crippen LogP contribution in [-0.2, 0) is 11.2 Å². The molecular formula is C18H21ClN2O3. The molecule has 6 heteroatoms. The zero-order valence-corrected chi connectivity index (χ0v) is 14.5. The molecule has 0 aliphatic heterocycles. The number of carbonyl (C=O) groups excluding carboxylic acids is 1. The highest BCUT2D eigenvalue weighted by atomic mass is 35.5. The van der Waals surface area contributed by atoms with E-state index < -0.39 is 0 Å². The standard InChI is InChI=1S/C18H21ClN2O3/c1-23-16-8-7-15(11-17(16)24-2)21-12-18(22)20-10-9-13-3-5-14(19)6-4-13/h3-8,11,21H,9-10,12H2,1-2H3,(H,20,22). The largest absolute Gasteiger partial charge is 0.493 e. The average molecular weight is 349 g/mol. The molecule has 128 valence electrons. The highest BCUT2D eigenvalue weighted by Crippen LogP contribution is 2.29. The summed E-state index contributed by atoms with van der Waals surface area (Å²) in [7, 11) is 3.16. The lowest BCUT2D eigenvalue weighted by molar-refractivity contribution is -0.119. The van der Waals surface area contributed by atoms with Crippen LogP contribution in [0.1, 0.15) is 5.56 Å². The molecule has 24 heavy (non-hydrogen) atoms. The Labute approximate surface area is 146 Å². The second-order valence-electron chi connectivity index (χ2n) is 5.15. The molecule has 0 bridgehead atoms. The number of rotatable bonds is 8. The van der Waals surface area contributed by atoms with E-state index >= 15 is 0 Å². The van der Waals surface area contributed by atoms with E-state index in [2.05, 4.69) is 10.6 Å². The number of carbonyl (C=O) groups is 1. The Balaban J connectivity index is 1.75. The molecule has 1 amide bonds. The van der Waals surface area contributed by atoms with Gasteiger partial charge in [0.2, 0.25) is 5.91 Å². The summed E-state index contributed by atoms with van der Waals surface area (Å²) in [6, 6.07) is 13.0. The molecule has 0 atom stereocenters. The number of ether oxygens (including phenoxy) is 2. The molecule has 0 heterocycles. The van der Waals surface area contributed by atoms with Crippen molar-refractivity contribution in [3.63, 3.8) is 0 Å². The van der Waals surface area contributed by atoms with Gasteiger partial charge in [-0.25, -0.2) is 0 Å². The molecule has 0 saturated heterocycles. The van der Waals surface area contributed by atoms with Gasteiger partial charge in [0.1, 0.15) is 0 Å². The van der Waals surface area contributed by atoms with Crippen LogP contribution in [0.2, 0.25) is 5.02 Å². The summed E-state index contributed by atoms with van der Waals surface area (Å²) in [5, 5.41) is 6.65. The molecule has 2 rings (SSSR count). The fraction of sp³-hybridized carbons (Fsp3) is 0.278. The summed E-state index contributed by atoms with van der Waals surface area (Å²) in [4.78, 5) is 11.9. The molecule has 0 unspecified atom stereocenters.